The fourth-order valence-corrected chi connectivity index (χ4v) is 11.1. The van der Waals surface area contributed by atoms with Crippen molar-refractivity contribution in [2.75, 3.05) is 0 Å². The Balaban J connectivity index is 1.68. The lowest BCUT2D eigenvalue weighted by molar-refractivity contribution is -0.252. The largest absolute Gasteiger partial charge is 0.481 e. The molecule has 0 aliphatic heterocycles. The molecular formula is C35H56O7. The first-order valence-corrected chi connectivity index (χ1v) is 16.2. The van der Waals surface area contributed by atoms with Gasteiger partial charge in [-0.3, -0.25) is 14.4 Å². The lowest BCUT2D eigenvalue weighted by Gasteiger charge is -2.70. The minimum absolute atomic E-state index is 0.00715. The van der Waals surface area contributed by atoms with Crippen LogP contribution in [-0.4, -0.2) is 45.9 Å². The van der Waals surface area contributed by atoms with Gasteiger partial charge in [-0.15, -0.1) is 0 Å². The standard InChI is InChI=1S/C35H56O7/c1-21(2)11-10-15-35(9,40)23-12-17-34(8)30(23)24(41-22(3)36)19-26-32(6)16-14-27(42-29(39)20-28(37)38)31(4,5)25(32)13-18-33(26,34)7/h11,23-27,30,40H,10,12-20H2,1-9H3,(H,37,38). The van der Waals surface area contributed by atoms with Crippen LogP contribution in [0.1, 0.15) is 127 Å². The molecule has 4 fully saturated rings. The van der Waals surface area contributed by atoms with E-state index in [1.165, 1.54) is 12.5 Å². The van der Waals surface area contributed by atoms with Gasteiger partial charge in [-0.05, 0) is 113 Å². The molecule has 10 unspecified atom stereocenters. The van der Waals surface area contributed by atoms with Gasteiger partial charge >= 0.3 is 17.9 Å². The second-order valence-electron chi connectivity index (χ2n) is 16.1. The highest BCUT2D eigenvalue weighted by molar-refractivity contribution is 5.90. The van der Waals surface area contributed by atoms with Crippen molar-refractivity contribution in [1.29, 1.82) is 0 Å². The van der Waals surface area contributed by atoms with Crippen molar-refractivity contribution in [1.82, 2.24) is 0 Å². The maximum atomic E-state index is 12.6. The van der Waals surface area contributed by atoms with Crippen molar-refractivity contribution >= 4 is 17.9 Å². The van der Waals surface area contributed by atoms with Crippen LogP contribution in [0.2, 0.25) is 0 Å². The van der Waals surface area contributed by atoms with E-state index in [0.717, 1.165) is 44.9 Å². The number of hydrogen-bond donors (Lipinski definition) is 2. The van der Waals surface area contributed by atoms with Crippen LogP contribution in [0, 0.1) is 45.3 Å². The molecule has 0 spiro atoms. The summed E-state index contributed by atoms with van der Waals surface area (Å²) in [6.07, 6.45) is 8.86. The second kappa shape index (κ2) is 11.2. The van der Waals surface area contributed by atoms with E-state index >= 15 is 0 Å². The minimum atomic E-state index is -1.17. The van der Waals surface area contributed by atoms with Gasteiger partial charge in [-0.2, -0.15) is 0 Å². The Hall–Kier alpha value is -1.89. The predicted molar refractivity (Wildman–Crippen MR) is 161 cm³/mol. The van der Waals surface area contributed by atoms with E-state index in [9.17, 15) is 19.5 Å². The Morgan fingerprint density at radius 3 is 2.14 bits per heavy atom. The zero-order valence-corrected chi connectivity index (χ0v) is 27.5. The molecular weight excluding hydrogens is 532 g/mol. The number of carbonyl (C=O) groups is 3. The number of rotatable bonds is 8. The summed E-state index contributed by atoms with van der Waals surface area (Å²) in [5, 5.41) is 21.0. The van der Waals surface area contributed by atoms with Gasteiger partial charge in [0, 0.05) is 18.3 Å². The Kier molecular flexibility index (Phi) is 8.83. The zero-order chi connectivity index (χ0) is 31.5. The molecule has 2 N–H and O–H groups in total. The van der Waals surface area contributed by atoms with E-state index in [0.29, 0.717) is 18.8 Å². The maximum absolute atomic E-state index is 12.6. The smallest absolute Gasteiger partial charge is 0.317 e. The number of carboxylic acids is 1. The lowest BCUT2D eigenvalue weighted by atomic mass is 9.35. The van der Waals surface area contributed by atoms with Crippen LogP contribution >= 0.6 is 0 Å². The summed E-state index contributed by atoms with van der Waals surface area (Å²) in [6, 6.07) is 0. The topological polar surface area (TPSA) is 110 Å². The molecule has 42 heavy (non-hydrogen) atoms. The molecule has 0 aromatic carbocycles. The first-order chi connectivity index (χ1) is 19.3. The molecule has 0 aromatic rings. The van der Waals surface area contributed by atoms with E-state index in [1.54, 1.807) is 0 Å². The van der Waals surface area contributed by atoms with Gasteiger partial charge in [0.2, 0.25) is 0 Å². The average Bonchev–Trinajstić information content (AvgIpc) is 3.21. The Morgan fingerprint density at radius 1 is 0.905 bits per heavy atom. The van der Waals surface area contributed by atoms with E-state index in [4.69, 9.17) is 14.6 Å². The number of ether oxygens (including phenoxy) is 2. The van der Waals surface area contributed by atoms with Crippen LogP contribution in [0.4, 0.5) is 0 Å². The fourth-order valence-electron chi connectivity index (χ4n) is 11.1. The first-order valence-electron chi connectivity index (χ1n) is 16.2. The molecule has 0 bridgehead atoms. The van der Waals surface area contributed by atoms with Gasteiger partial charge < -0.3 is 19.7 Å². The van der Waals surface area contributed by atoms with Gasteiger partial charge in [0.25, 0.3) is 0 Å². The molecule has 0 heterocycles. The van der Waals surface area contributed by atoms with Gasteiger partial charge in [-0.1, -0.05) is 46.3 Å². The highest BCUT2D eigenvalue weighted by atomic mass is 16.5. The molecule has 7 nitrogen and oxygen atoms in total. The normalized spacial score (nSPS) is 41.8. The van der Waals surface area contributed by atoms with Crippen LogP contribution < -0.4 is 0 Å². The van der Waals surface area contributed by atoms with Crippen molar-refractivity contribution in [2.45, 2.75) is 144 Å². The molecule has 0 radical (unpaired) electrons. The van der Waals surface area contributed by atoms with E-state index in [-0.39, 0.29) is 57.6 Å². The molecule has 4 aliphatic rings. The van der Waals surface area contributed by atoms with Crippen molar-refractivity contribution in [3.8, 4) is 0 Å². The van der Waals surface area contributed by atoms with E-state index in [1.807, 2.05) is 6.92 Å². The summed E-state index contributed by atoms with van der Waals surface area (Å²) >= 11 is 0. The third-order valence-corrected chi connectivity index (χ3v) is 13.2. The number of allylic oxidation sites excluding steroid dienone is 2. The molecule has 4 saturated carbocycles. The monoisotopic (exact) mass is 588 g/mol. The van der Waals surface area contributed by atoms with E-state index < -0.39 is 24.0 Å². The summed E-state index contributed by atoms with van der Waals surface area (Å²) in [7, 11) is 0. The maximum Gasteiger partial charge on any atom is 0.317 e. The number of carboxylic acid groups (broad SMARTS) is 1. The van der Waals surface area contributed by atoms with Crippen molar-refractivity contribution in [2.24, 2.45) is 45.3 Å². The summed E-state index contributed by atoms with van der Waals surface area (Å²) in [6.45, 7) is 19.3. The van der Waals surface area contributed by atoms with Crippen LogP contribution in [0.15, 0.2) is 11.6 Å². The fraction of sp³-hybridized carbons (Fsp3) is 0.857. The molecule has 10 atom stereocenters. The lowest BCUT2D eigenvalue weighted by Crippen LogP contribution is -2.67. The Bertz CT molecular complexity index is 1100. The summed E-state index contributed by atoms with van der Waals surface area (Å²) in [4.78, 5) is 36.1. The molecule has 7 heteroatoms. The summed E-state index contributed by atoms with van der Waals surface area (Å²) < 4.78 is 12.0. The first kappa shape index (κ1) is 33.0. The Morgan fingerprint density at radius 2 is 1.55 bits per heavy atom. The van der Waals surface area contributed by atoms with Gasteiger partial charge in [0.15, 0.2) is 0 Å². The number of esters is 2. The second-order valence-corrected chi connectivity index (χ2v) is 16.1. The van der Waals surface area contributed by atoms with E-state index in [2.05, 4.69) is 54.5 Å². The molecule has 4 rings (SSSR count). The highest BCUT2D eigenvalue weighted by Crippen LogP contribution is 2.76. The Labute approximate surface area is 253 Å². The van der Waals surface area contributed by atoms with Crippen molar-refractivity contribution < 1.29 is 34.1 Å². The van der Waals surface area contributed by atoms with Crippen LogP contribution in [0.25, 0.3) is 0 Å². The van der Waals surface area contributed by atoms with Crippen LogP contribution in [0.3, 0.4) is 0 Å². The van der Waals surface area contributed by atoms with Gasteiger partial charge in [0.05, 0.1) is 5.60 Å². The number of fused-ring (bicyclic) bond motifs is 5. The molecule has 238 valence electrons. The molecule has 0 aromatic heterocycles. The SMILES string of the molecule is CC(=O)OC1CC2C3(C)CCC(OC(=O)CC(=O)O)C(C)(C)C3CCC2(C)C2(C)CCC(C(C)(O)CCC=C(C)C)C12. The van der Waals surface area contributed by atoms with Crippen molar-refractivity contribution in [3.05, 3.63) is 11.6 Å². The molecule has 0 saturated heterocycles. The minimum Gasteiger partial charge on any atom is -0.481 e. The number of aliphatic hydroxyl groups is 1. The van der Waals surface area contributed by atoms with Gasteiger partial charge in [-0.25, -0.2) is 0 Å². The molecule has 4 aliphatic carbocycles. The average molecular weight is 589 g/mol. The highest BCUT2D eigenvalue weighted by Gasteiger charge is 2.72. The predicted octanol–water partition coefficient (Wildman–Crippen LogP) is 7.10. The van der Waals surface area contributed by atoms with Gasteiger partial charge in [0.1, 0.15) is 18.6 Å². The third kappa shape index (κ3) is 5.45. The third-order valence-electron chi connectivity index (χ3n) is 13.2. The van der Waals surface area contributed by atoms with Crippen molar-refractivity contribution in [3.63, 3.8) is 0 Å². The van der Waals surface area contributed by atoms with Crippen LogP contribution in [0.5, 0.6) is 0 Å². The number of hydrogen-bond acceptors (Lipinski definition) is 6. The molecule has 0 amide bonds. The summed E-state index contributed by atoms with van der Waals surface area (Å²) in [5.74, 6) is -1.36. The number of carbonyl (C=O) groups excluding carboxylic acids is 2. The quantitative estimate of drug-likeness (QED) is 0.177. The summed E-state index contributed by atoms with van der Waals surface area (Å²) in [5.41, 5.74) is -0.0480. The number of aliphatic carboxylic acids is 1. The zero-order valence-electron chi connectivity index (χ0n) is 27.5. The van der Waals surface area contributed by atoms with Crippen LogP contribution in [-0.2, 0) is 23.9 Å².